The summed E-state index contributed by atoms with van der Waals surface area (Å²) in [5, 5.41) is 15.9. The lowest BCUT2D eigenvalue weighted by Crippen LogP contribution is -2.21. The predicted octanol–water partition coefficient (Wildman–Crippen LogP) is 1.14. The summed E-state index contributed by atoms with van der Waals surface area (Å²) >= 11 is 0. The summed E-state index contributed by atoms with van der Waals surface area (Å²) in [6.45, 7) is 11.2. The van der Waals surface area contributed by atoms with Crippen molar-refractivity contribution in [1.29, 1.82) is 0 Å². The first-order valence-electron chi connectivity index (χ1n) is 5.08. The van der Waals surface area contributed by atoms with Crippen LogP contribution < -0.4 is 0 Å². The van der Waals surface area contributed by atoms with Gasteiger partial charge in [-0.2, -0.15) is 0 Å². The zero-order valence-electron chi connectivity index (χ0n) is 9.86. The standard InChI is InChI=1S/C6H15N.C4H6O4/c1-4-7(5-2)6-3;1-2(3(5)6)4(7)8/h4-6H2,1-3H3;2H,1H3,(H,5,6)(H,7,8). The van der Waals surface area contributed by atoms with Gasteiger partial charge in [-0.05, 0) is 26.6 Å². The predicted molar refractivity (Wildman–Crippen MR) is 57.9 cm³/mol. The van der Waals surface area contributed by atoms with Gasteiger partial charge >= 0.3 is 11.9 Å². The highest BCUT2D eigenvalue weighted by Gasteiger charge is 2.18. The lowest BCUT2D eigenvalue weighted by atomic mass is 10.2. The van der Waals surface area contributed by atoms with Crippen molar-refractivity contribution in [3.63, 3.8) is 0 Å². The van der Waals surface area contributed by atoms with Crippen LogP contribution in [0.1, 0.15) is 27.7 Å². The van der Waals surface area contributed by atoms with E-state index in [0.717, 1.165) is 6.92 Å². The number of rotatable bonds is 5. The molecule has 0 heterocycles. The topological polar surface area (TPSA) is 77.8 Å². The minimum Gasteiger partial charge on any atom is -0.481 e. The van der Waals surface area contributed by atoms with Gasteiger partial charge in [0.05, 0.1) is 0 Å². The van der Waals surface area contributed by atoms with Gasteiger partial charge in [-0.1, -0.05) is 20.8 Å². The molecule has 0 aliphatic heterocycles. The van der Waals surface area contributed by atoms with Crippen LogP contribution in [0.15, 0.2) is 0 Å². The van der Waals surface area contributed by atoms with Crippen molar-refractivity contribution in [2.75, 3.05) is 19.6 Å². The van der Waals surface area contributed by atoms with Crippen LogP contribution in [0.25, 0.3) is 0 Å². The van der Waals surface area contributed by atoms with E-state index >= 15 is 0 Å². The van der Waals surface area contributed by atoms with Crippen LogP contribution in [0, 0.1) is 5.92 Å². The summed E-state index contributed by atoms with van der Waals surface area (Å²) in [6, 6.07) is 0. The number of hydrogen-bond donors (Lipinski definition) is 2. The molecule has 0 radical (unpaired) electrons. The van der Waals surface area contributed by atoms with E-state index in [0.29, 0.717) is 0 Å². The second kappa shape index (κ2) is 9.45. The van der Waals surface area contributed by atoms with E-state index in [2.05, 4.69) is 25.7 Å². The molecule has 0 rings (SSSR count). The van der Waals surface area contributed by atoms with Gasteiger partial charge in [0.25, 0.3) is 0 Å². The lowest BCUT2D eigenvalue weighted by molar-refractivity contribution is -0.153. The number of carbonyl (C=O) groups is 2. The third-order valence-corrected chi connectivity index (χ3v) is 2.08. The Kier molecular flexibility index (Phi) is 10.3. The molecule has 0 atom stereocenters. The van der Waals surface area contributed by atoms with Gasteiger partial charge in [-0.25, -0.2) is 0 Å². The molecule has 0 aliphatic rings. The Labute approximate surface area is 90.7 Å². The summed E-state index contributed by atoms with van der Waals surface area (Å²) < 4.78 is 0. The molecule has 0 amide bonds. The van der Waals surface area contributed by atoms with Crippen LogP contribution >= 0.6 is 0 Å². The van der Waals surface area contributed by atoms with Crippen LogP contribution in [0.2, 0.25) is 0 Å². The number of aliphatic carboxylic acids is 2. The molecule has 0 saturated carbocycles. The lowest BCUT2D eigenvalue weighted by Gasteiger charge is -2.13. The Hall–Kier alpha value is -1.10. The zero-order chi connectivity index (χ0) is 12.4. The fraction of sp³-hybridized carbons (Fsp3) is 0.800. The van der Waals surface area contributed by atoms with Gasteiger partial charge < -0.3 is 15.1 Å². The third-order valence-electron chi connectivity index (χ3n) is 2.08. The molecular weight excluding hydrogens is 198 g/mol. The first-order chi connectivity index (χ1) is 6.90. The smallest absolute Gasteiger partial charge is 0.317 e. The van der Waals surface area contributed by atoms with Gasteiger partial charge in [-0.15, -0.1) is 0 Å². The van der Waals surface area contributed by atoms with E-state index in [9.17, 15) is 9.59 Å². The second-order valence-electron chi connectivity index (χ2n) is 3.02. The van der Waals surface area contributed by atoms with Crippen molar-refractivity contribution in [2.24, 2.45) is 5.92 Å². The average molecular weight is 219 g/mol. The molecule has 0 unspecified atom stereocenters. The maximum atomic E-state index is 9.76. The van der Waals surface area contributed by atoms with E-state index in [4.69, 9.17) is 10.2 Å². The fourth-order valence-corrected chi connectivity index (χ4v) is 0.776. The van der Waals surface area contributed by atoms with Gasteiger partial charge in [0.1, 0.15) is 0 Å². The van der Waals surface area contributed by atoms with Crippen LogP contribution in [-0.2, 0) is 9.59 Å². The highest BCUT2D eigenvalue weighted by atomic mass is 16.4. The van der Waals surface area contributed by atoms with Crippen LogP contribution in [0.5, 0.6) is 0 Å². The SMILES string of the molecule is CC(C(=O)O)C(=O)O.CCN(CC)CC. The molecule has 15 heavy (non-hydrogen) atoms. The first kappa shape index (κ1) is 16.3. The van der Waals surface area contributed by atoms with Crippen LogP contribution in [0.4, 0.5) is 0 Å². The zero-order valence-corrected chi connectivity index (χ0v) is 9.86. The van der Waals surface area contributed by atoms with E-state index in [1.165, 1.54) is 19.6 Å². The van der Waals surface area contributed by atoms with Crippen molar-refractivity contribution in [1.82, 2.24) is 4.90 Å². The quantitative estimate of drug-likeness (QED) is 0.678. The molecule has 5 nitrogen and oxygen atoms in total. The fourth-order valence-electron chi connectivity index (χ4n) is 0.776. The number of carboxylic acids is 2. The molecule has 0 saturated heterocycles. The molecule has 0 aromatic carbocycles. The Morgan fingerprint density at radius 2 is 1.27 bits per heavy atom. The van der Waals surface area contributed by atoms with Crippen molar-refractivity contribution in [3.8, 4) is 0 Å². The number of hydrogen-bond acceptors (Lipinski definition) is 3. The van der Waals surface area contributed by atoms with E-state index in [-0.39, 0.29) is 0 Å². The molecule has 0 fully saturated rings. The highest BCUT2D eigenvalue weighted by Crippen LogP contribution is 1.91. The highest BCUT2D eigenvalue weighted by molar-refractivity contribution is 5.92. The molecule has 0 aliphatic carbocycles. The molecule has 90 valence electrons. The monoisotopic (exact) mass is 219 g/mol. The van der Waals surface area contributed by atoms with E-state index < -0.39 is 17.9 Å². The third kappa shape index (κ3) is 9.21. The normalized spacial score (nSPS) is 9.73. The van der Waals surface area contributed by atoms with Crippen LogP contribution in [0.3, 0.4) is 0 Å². The summed E-state index contributed by atoms with van der Waals surface area (Å²) in [4.78, 5) is 21.9. The Morgan fingerprint density at radius 3 is 1.27 bits per heavy atom. The van der Waals surface area contributed by atoms with E-state index in [1.54, 1.807) is 0 Å². The molecule has 0 bridgehead atoms. The Balaban J connectivity index is 0. The second-order valence-corrected chi connectivity index (χ2v) is 3.02. The molecule has 0 spiro atoms. The van der Waals surface area contributed by atoms with Crippen LogP contribution in [-0.4, -0.2) is 46.7 Å². The minimum atomic E-state index is -1.31. The summed E-state index contributed by atoms with van der Waals surface area (Å²) in [6.07, 6.45) is 0. The van der Waals surface area contributed by atoms with Crippen molar-refractivity contribution >= 4 is 11.9 Å². The van der Waals surface area contributed by atoms with Crippen molar-refractivity contribution in [3.05, 3.63) is 0 Å². The van der Waals surface area contributed by atoms with Crippen molar-refractivity contribution in [2.45, 2.75) is 27.7 Å². The first-order valence-corrected chi connectivity index (χ1v) is 5.08. The molecule has 5 heteroatoms. The minimum absolute atomic E-state index is 1.12. The number of carboxylic acid groups (broad SMARTS) is 2. The Bertz CT molecular complexity index is 170. The van der Waals surface area contributed by atoms with Crippen molar-refractivity contribution < 1.29 is 19.8 Å². The maximum Gasteiger partial charge on any atom is 0.317 e. The summed E-state index contributed by atoms with van der Waals surface area (Å²) in [5.74, 6) is -3.91. The largest absolute Gasteiger partial charge is 0.481 e. The van der Waals surface area contributed by atoms with Gasteiger partial charge in [0.15, 0.2) is 5.92 Å². The van der Waals surface area contributed by atoms with Gasteiger partial charge in [-0.3, -0.25) is 9.59 Å². The van der Waals surface area contributed by atoms with E-state index in [1.807, 2.05) is 0 Å². The molecule has 2 N–H and O–H groups in total. The molecule has 0 aromatic rings. The van der Waals surface area contributed by atoms with Gasteiger partial charge in [0.2, 0.25) is 0 Å². The molecule has 0 aromatic heterocycles. The summed E-state index contributed by atoms with van der Waals surface area (Å²) in [5.41, 5.74) is 0. The van der Waals surface area contributed by atoms with Gasteiger partial charge in [0, 0.05) is 0 Å². The number of nitrogens with zero attached hydrogens (tertiary/aromatic N) is 1. The molecular formula is C10H21NO4. The Morgan fingerprint density at radius 1 is 1.00 bits per heavy atom. The maximum absolute atomic E-state index is 9.76. The average Bonchev–Trinajstić information content (AvgIpc) is 2.20. The summed E-state index contributed by atoms with van der Waals surface area (Å²) in [7, 11) is 0.